The number of fused-ring (bicyclic) bond motifs is 2. The molecule has 2 bridgehead atoms. The smallest absolute Gasteiger partial charge is 0.404 e. The highest BCUT2D eigenvalue weighted by Crippen LogP contribution is 2.48. The molecule has 110 valence electrons. The molecule has 19 heavy (non-hydrogen) atoms. The molecule has 0 aromatic heterocycles. The van der Waals surface area contributed by atoms with Gasteiger partial charge in [0, 0.05) is 0 Å². The third kappa shape index (κ3) is 2.24. The zero-order chi connectivity index (χ0) is 14.4. The molecule has 2 rings (SSSR count). The van der Waals surface area contributed by atoms with Gasteiger partial charge in [-0.15, -0.1) is 0 Å². The van der Waals surface area contributed by atoms with Gasteiger partial charge in [-0.25, -0.2) is 0 Å². The summed E-state index contributed by atoms with van der Waals surface area (Å²) in [5, 5.41) is 9.91. The second-order valence-corrected chi connectivity index (χ2v) is 5.88. The Labute approximate surface area is 110 Å². The van der Waals surface area contributed by atoms with Crippen LogP contribution in [0.5, 0.6) is 0 Å². The minimum atomic E-state index is -4.64. The number of alkyl halides is 3. The number of carbonyl (C=O) groups is 1. The molecular weight excluding hydrogens is 261 g/mol. The Hall–Kier alpha value is -0.780. The Balaban J connectivity index is 2.09. The number of esters is 1. The normalized spacial score (nSPS) is 37.2. The van der Waals surface area contributed by atoms with Crippen LogP contribution < -0.4 is 0 Å². The first-order valence-electron chi connectivity index (χ1n) is 6.66. The number of hydrogen-bond acceptors (Lipinski definition) is 3. The molecule has 0 aromatic carbocycles. The van der Waals surface area contributed by atoms with Gasteiger partial charge in [-0.1, -0.05) is 6.92 Å². The van der Waals surface area contributed by atoms with Crippen LogP contribution in [0.1, 0.15) is 39.5 Å². The van der Waals surface area contributed by atoms with Crippen molar-refractivity contribution in [3.8, 4) is 0 Å². The molecule has 0 radical (unpaired) electrons. The van der Waals surface area contributed by atoms with E-state index in [4.69, 9.17) is 4.74 Å². The largest absolute Gasteiger partial charge is 0.459 e. The van der Waals surface area contributed by atoms with Crippen LogP contribution in [0.25, 0.3) is 0 Å². The predicted molar refractivity (Wildman–Crippen MR) is 61.2 cm³/mol. The highest BCUT2D eigenvalue weighted by molar-refractivity contribution is 5.77. The van der Waals surface area contributed by atoms with Gasteiger partial charge in [0.25, 0.3) is 0 Å². The molecule has 1 N–H and O–H groups in total. The molecular formula is C13H19F3O3. The molecule has 3 nitrogen and oxygen atoms in total. The van der Waals surface area contributed by atoms with E-state index in [1.54, 1.807) is 0 Å². The quantitative estimate of drug-likeness (QED) is 0.808. The number of ether oxygens (including phenoxy) is 1. The average molecular weight is 280 g/mol. The van der Waals surface area contributed by atoms with Gasteiger partial charge in [-0.3, -0.25) is 4.79 Å². The molecule has 2 saturated carbocycles. The maximum absolute atomic E-state index is 13.0. The standard InChI is InChI=1S/C13H19F3O3/c1-3-12(2,13(14,15)16)11(18)19-10-8-5-4-7(6-8)9(10)17/h7-10,17H,3-6H2,1-2H3. The Morgan fingerprint density at radius 3 is 2.32 bits per heavy atom. The van der Waals surface area contributed by atoms with Gasteiger partial charge >= 0.3 is 12.1 Å². The Kier molecular flexibility index (Phi) is 3.58. The SMILES string of the molecule is CCC(C)(C(=O)OC1C2CCC(C2)C1O)C(F)(F)F. The van der Waals surface area contributed by atoms with Crippen LogP contribution in [0.15, 0.2) is 0 Å². The second-order valence-electron chi connectivity index (χ2n) is 5.88. The van der Waals surface area contributed by atoms with Gasteiger partial charge in [0.1, 0.15) is 6.10 Å². The number of hydrogen-bond donors (Lipinski definition) is 1. The lowest BCUT2D eigenvalue weighted by atomic mass is 9.86. The zero-order valence-corrected chi connectivity index (χ0v) is 11.0. The van der Waals surface area contributed by atoms with Gasteiger partial charge in [-0.2, -0.15) is 13.2 Å². The number of aliphatic hydroxyl groups excluding tert-OH is 1. The number of aliphatic hydroxyl groups is 1. The fourth-order valence-electron chi connectivity index (χ4n) is 3.09. The molecule has 0 aromatic rings. The zero-order valence-electron chi connectivity index (χ0n) is 11.0. The van der Waals surface area contributed by atoms with E-state index in [-0.39, 0.29) is 18.3 Å². The van der Waals surface area contributed by atoms with E-state index in [1.165, 1.54) is 6.92 Å². The van der Waals surface area contributed by atoms with Crippen molar-refractivity contribution in [3.05, 3.63) is 0 Å². The number of halogens is 3. The Morgan fingerprint density at radius 1 is 1.32 bits per heavy atom. The fourth-order valence-corrected chi connectivity index (χ4v) is 3.09. The average Bonchev–Trinajstić information content (AvgIpc) is 2.90. The highest BCUT2D eigenvalue weighted by atomic mass is 19.4. The van der Waals surface area contributed by atoms with E-state index in [0.717, 1.165) is 26.2 Å². The summed E-state index contributed by atoms with van der Waals surface area (Å²) in [6.45, 7) is 2.17. The van der Waals surface area contributed by atoms with Crippen molar-refractivity contribution in [2.75, 3.05) is 0 Å². The van der Waals surface area contributed by atoms with E-state index in [1.807, 2.05) is 0 Å². The van der Waals surface area contributed by atoms with Gasteiger partial charge in [-0.05, 0) is 44.4 Å². The molecule has 5 atom stereocenters. The van der Waals surface area contributed by atoms with Crippen LogP contribution in [0.4, 0.5) is 13.2 Å². The van der Waals surface area contributed by atoms with E-state index >= 15 is 0 Å². The van der Waals surface area contributed by atoms with Crippen molar-refractivity contribution in [1.82, 2.24) is 0 Å². The minimum Gasteiger partial charge on any atom is -0.459 e. The first-order valence-corrected chi connectivity index (χ1v) is 6.66. The third-order valence-corrected chi connectivity index (χ3v) is 4.82. The molecule has 2 aliphatic rings. The summed E-state index contributed by atoms with van der Waals surface area (Å²) in [5.74, 6) is -1.18. The molecule has 0 amide bonds. The maximum Gasteiger partial charge on any atom is 0.404 e. The molecule has 2 fully saturated rings. The van der Waals surface area contributed by atoms with Crippen molar-refractivity contribution in [2.24, 2.45) is 17.3 Å². The lowest BCUT2D eigenvalue weighted by Gasteiger charge is -2.33. The van der Waals surface area contributed by atoms with E-state index in [2.05, 4.69) is 0 Å². The molecule has 5 unspecified atom stereocenters. The van der Waals surface area contributed by atoms with Crippen molar-refractivity contribution >= 4 is 5.97 Å². The fraction of sp³-hybridized carbons (Fsp3) is 0.923. The van der Waals surface area contributed by atoms with Crippen LogP contribution in [0, 0.1) is 17.3 Å². The summed E-state index contributed by atoms with van der Waals surface area (Å²) in [4.78, 5) is 11.9. The second kappa shape index (κ2) is 4.65. The lowest BCUT2D eigenvalue weighted by molar-refractivity contribution is -0.236. The Morgan fingerprint density at radius 2 is 1.89 bits per heavy atom. The lowest BCUT2D eigenvalue weighted by Crippen LogP contribution is -2.47. The van der Waals surface area contributed by atoms with Gasteiger partial charge in [0.2, 0.25) is 0 Å². The van der Waals surface area contributed by atoms with E-state index in [9.17, 15) is 23.1 Å². The summed E-state index contributed by atoms with van der Waals surface area (Å²) < 4.78 is 43.9. The third-order valence-electron chi connectivity index (χ3n) is 4.82. The van der Waals surface area contributed by atoms with Crippen molar-refractivity contribution in [3.63, 3.8) is 0 Å². The molecule has 0 aliphatic heterocycles. The predicted octanol–water partition coefficient (Wildman–Crippen LogP) is 2.67. The van der Waals surface area contributed by atoms with E-state index in [0.29, 0.717) is 0 Å². The van der Waals surface area contributed by atoms with Crippen molar-refractivity contribution < 1.29 is 27.8 Å². The van der Waals surface area contributed by atoms with Crippen LogP contribution >= 0.6 is 0 Å². The molecule has 0 heterocycles. The summed E-state index contributed by atoms with van der Waals surface area (Å²) in [7, 11) is 0. The van der Waals surface area contributed by atoms with Crippen LogP contribution in [-0.2, 0) is 9.53 Å². The maximum atomic E-state index is 13.0. The van der Waals surface area contributed by atoms with Crippen molar-refractivity contribution in [1.29, 1.82) is 0 Å². The first kappa shape index (κ1) is 14.6. The van der Waals surface area contributed by atoms with Gasteiger partial charge in [0.15, 0.2) is 5.41 Å². The molecule has 0 saturated heterocycles. The topological polar surface area (TPSA) is 46.5 Å². The van der Waals surface area contributed by atoms with Gasteiger partial charge in [0.05, 0.1) is 6.10 Å². The highest BCUT2D eigenvalue weighted by Gasteiger charge is 2.58. The van der Waals surface area contributed by atoms with Gasteiger partial charge < -0.3 is 9.84 Å². The summed E-state index contributed by atoms with van der Waals surface area (Å²) in [5.41, 5.74) is -2.49. The summed E-state index contributed by atoms with van der Waals surface area (Å²) in [6, 6.07) is 0. The molecule has 0 spiro atoms. The molecule has 2 aliphatic carbocycles. The summed E-state index contributed by atoms with van der Waals surface area (Å²) >= 11 is 0. The van der Waals surface area contributed by atoms with Crippen LogP contribution in [-0.4, -0.2) is 29.5 Å². The Bertz CT molecular complexity index is 367. The number of carbonyl (C=O) groups excluding carboxylic acids is 1. The number of rotatable bonds is 3. The van der Waals surface area contributed by atoms with Crippen molar-refractivity contribution in [2.45, 2.75) is 57.9 Å². The first-order chi connectivity index (χ1) is 8.70. The minimum absolute atomic E-state index is 0.0123. The monoisotopic (exact) mass is 280 g/mol. The summed E-state index contributed by atoms with van der Waals surface area (Å²) in [6.07, 6.45) is -4.16. The van der Waals surface area contributed by atoms with Crippen LogP contribution in [0.2, 0.25) is 0 Å². The van der Waals surface area contributed by atoms with E-state index < -0.39 is 29.8 Å². The molecule has 6 heteroatoms. The van der Waals surface area contributed by atoms with Crippen LogP contribution in [0.3, 0.4) is 0 Å².